The summed E-state index contributed by atoms with van der Waals surface area (Å²) < 4.78 is 7.05. The van der Waals surface area contributed by atoms with Gasteiger partial charge in [-0.15, -0.1) is 0 Å². The average molecular weight is 297 g/mol. The van der Waals surface area contributed by atoms with Crippen molar-refractivity contribution in [2.24, 2.45) is 0 Å². The molecule has 0 radical (unpaired) electrons. The molecule has 0 bridgehead atoms. The lowest BCUT2D eigenvalue weighted by Crippen LogP contribution is -2.11. The maximum Gasteiger partial charge on any atom is 0.323 e. The summed E-state index contributed by atoms with van der Waals surface area (Å²) in [5.41, 5.74) is 3.27. The second-order valence-corrected chi connectivity index (χ2v) is 5.05. The van der Waals surface area contributed by atoms with E-state index in [0.717, 1.165) is 22.5 Å². The van der Waals surface area contributed by atoms with Crippen molar-refractivity contribution >= 4 is 5.97 Å². The van der Waals surface area contributed by atoms with Crippen LogP contribution in [0.2, 0.25) is 0 Å². The van der Waals surface area contributed by atoms with Gasteiger partial charge in [-0.25, -0.2) is 0 Å². The largest absolute Gasteiger partial charge is 0.480 e. The minimum absolute atomic E-state index is 0.0860. The Morgan fingerprint density at radius 3 is 2.68 bits per heavy atom. The van der Waals surface area contributed by atoms with Gasteiger partial charge in [-0.3, -0.25) is 4.79 Å². The molecule has 0 spiro atoms. The van der Waals surface area contributed by atoms with Gasteiger partial charge in [0.25, 0.3) is 5.89 Å². The fourth-order valence-corrected chi connectivity index (χ4v) is 2.43. The van der Waals surface area contributed by atoms with Crippen LogP contribution in [-0.2, 0) is 11.3 Å². The fourth-order valence-electron chi connectivity index (χ4n) is 2.43. The maximum absolute atomic E-state index is 10.9. The Kier molecular flexibility index (Phi) is 3.50. The minimum atomic E-state index is -0.885. The van der Waals surface area contributed by atoms with Crippen LogP contribution in [0.25, 0.3) is 22.8 Å². The number of rotatable bonds is 4. The van der Waals surface area contributed by atoms with Crippen LogP contribution in [0.15, 0.2) is 40.9 Å². The number of hydrogen-bond acceptors (Lipinski definition) is 4. The molecule has 0 aliphatic carbocycles. The highest BCUT2D eigenvalue weighted by Crippen LogP contribution is 2.27. The van der Waals surface area contributed by atoms with E-state index < -0.39 is 5.97 Å². The van der Waals surface area contributed by atoms with Crippen molar-refractivity contribution in [1.82, 2.24) is 14.7 Å². The van der Waals surface area contributed by atoms with Crippen molar-refractivity contribution in [3.05, 3.63) is 47.8 Å². The first-order valence-corrected chi connectivity index (χ1v) is 6.84. The van der Waals surface area contributed by atoms with Crippen LogP contribution in [0, 0.1) is 13.8 Å². The summed E-state index contributed by atoms with van der Waals surface area (Å²) in [6, 6.07) is 11.4. The first-order valence-electron chi connectivity index (χ1n) is 6.84. The van der Waals surface area contributed by atoms with Crippen LogP contribution in [0.3, 0.4) is 0 Å². The number of nitrogens with zero attached hydrogens (tertiary/aromatic N) is 3. The summed E-state index contributed by atoms with van der Waals surface area (Å²) >= 11 is 0. The molecular weight excluding hydrogens is 282 g/mol. The first kappa shape index (κ1) is 14.1. The second kappa shape index (κ2) is 5.48. The summed E-state index contributed by atoms with van der Waals surface area (Å²) in [5, 5.41) is 13.0. The maximum atomic E-state index is 10.9. The van der Waals surface area contributed by atoms with Gasteiger partial charge in [0.2, 0.25) is 5.82 Å². The van der Waals surface area contributed by atoms with Gasteiger partial charge in [0.05, 0.1) is 5.56 Å². The van der Waals surface area contributed by atoms with Crippen molar-refractivity contribution in [2.75, 3.05) is 0 Å². The van der Waals surface area contributed by atoms with Gasteiger partial charge in [0, 0.05) is 17.0 Å². The average Bonchev–Trinajstić information content (AvgIpc) is 3.08. The summed E-state index contributed by atoms with van der Waals surface area (Å²) in [7, 11) is 0. The zero-order valence-corrected chi connectivity index (χ0v) is 12.3. The monoisotopic (exact) mass is 297 g/mol. The molecule has 0 unspecified atom stereocenters. The molecule has 0 saturated heterocycles. The molecule has 1 aromatic carbocycles. The SMILES string of the molecule is Cc1cc(-c2nc(-c3ccccc3)no2)c(C)n1CC(=O)O. The third-order valence-electron chi connectivity index (χ3n) is 3.56. The van der Waals surface area contributed by atoms with Gasteiger partial charge in [-0.2, -0.15) is 4.98 Å². The number of carbonyl (C=O) groups is 1. The molecule has 22 heavy (non-hydrogen) atoms. The summed E-state index contributed by atoms with van der Waals surface area (Å²) in [4.78, 5) is 15.3. The van der Waals surface area contributed by atoms with E-state index in [0.29, 0.717) is 11.7 Å². The van der Waals surface area contributed by atoms with Crippen molar-refractivity contribution < 1.29 is 14.4 Å². The van der Waals surface area contributed by atoms with E-state index in [1.54, 1.807) is 4.57 Å². The molecule has 0 aliphatic heterocycles. The Balaban J connectivity index is 1.99. The van der Waals surface area contributed by atoms with E-state index in [2.05, 4.69) is 10.1 Å². The second-order valence-electron chi connectivity index (χ2n) is 5.05. The molecule has 6 nitrogen and oxygen atoms in total. The number of carboxylic acids is 1. The van der Waals surface area contributed by atoms with Crippen molar-refractivity contribution in [3.8, 4) is 22.8 Å². The van der Waals surface area contributed by atoms with Crippen LogP contribution >= 0.6 is 0 Å². The van der Waals surface area contributed by atoms with E-state index in [4.69, 9.17) is 9.63 Å². The number of aryl methyl sites for hydroxylation is 1. The summed E-state index contributed by atoms with van der Waals surface area (Å²) in [5.74, 6) is 0.0195. The molecule has 2 heterocycles. The Morgan fingerprint density at radius 2 is 2.00 bits per heavy atom. The van der Waals surface area contributed by atoms with E-state index in [1.807, 2.05) is 50.2 Å². The van der Waals surface area contributed by atoms with Crippen LogP contribution in [-0.4, -0.2) is 25.8 Å². The predicted molar refractivity (Wildman–Crippen MR) is 80.3 cm³/mol. The molecule has 0 saturated carbocycles. The molecule has 0 atom stereocenters. The lowest BCUT2D eigenvalue weighted by molar-refractivity contribution is -0.137. The Hall–Kier alpha value is -2.89. The lowest BCUT2D eigenvalue weighted by atomic mass is 10.2. The predicted octanol–water partition coefficient (Wildman–Crippen LogP) is 2.91. The standard InChI is InChI=1S/C16H15N3O3/c1-10-8-13(11(2)19(10)9-14(20)21)16-17-15(18-22-16)12-6-4-3-5-7-12/h3-8H,9H2,1-2H3,(H,20,21). The van der Waals surface area contributed by atoms with Crippen molar-refractivity contribution in [3.63, 3.8) is 0 Å². The van der Waals surface area contributed by atoms with Crippen LogP contribution in [0.5, 0.6) is 0 Å². The number of benzene rings is 1. The Labute approximate surface area is 127 Å². The first-order chi connectivity index (χ1) is 10.6. The van der Waals surface area contributed by atoms with E-state index >= 15 is 0 Å². The molecule has 0 aliphatic rings. The van der Waals surface area contributed by atoms with E-state index in [-0.39, 0.29) is 6.54 Å². The number of aliphatic carboxylic acids is 1. The lowest BCUT2D eigenvalue weighted by Gasteiger charge is -2.05. The quantitative estimate of drug-likeness (QED) is 0.800. The molecular formula is C16H15N3O3. The highest BCUT2D eigenvalue weighted by atomic mass is 16.5. The molecule has 1 N–H and O–H groups in total. The zero-order valence-electron chi connectivity index (χ0n) is 12.3. The minimum Gasteiger partial charge on any atom is -0.480 e. The smallest absolute Gasteiger partial charge is 0.323 e. The van der Waals surface area contributed by atoms with Crippen LogP contribution in [0.1, 0.15) is 11.4 Å². The van der Waals surface area contributed by atoms with E-state index in [9.17, 15) is 4.79 Å². The highest BCUT2D eigenvalue weighted by Gasteiger charge is 2.18. The normalized spacial score (nSPS) is 10.8. The van der Waals surface area contributed by atoms with Gasteiger partial charge in [-0.1, -0.05) is 35.5 Å². The highest BCUT2D eigenvalue weighted by molar-refractivity contribution is 5.68. The van der Waals surface area contributed by atoms with Crippen molar-refractivity contribution in [2.45, 2.75) is 20.4 Å². The molecule has 3 rings (SSSR count). The van der Waals surface area contributed by atoms with Crippen LogP contribution < -0.4 is 0 Å². The summed E-state index contributed by atoms with van der Waals surface area (Å²) in [6.45, 7) is 3.61. The van der Waals surface area contributed by atoms with Crippen LogP contribution in [0.4, 0.5) is 0 Å². The molecule has 112 valence electrons. The van der Waals surface area contributed by atoms with Gasteiger partial charge >= 0.3 is 5.97 Å². The van der Waals surface area contributed by atoms with Gasteiger partial charge in [0.15, 0.2) is 0 Å². The Morgan fingerprint density at radius 1 is 1.27 bits per heavy atom. The van der Waals surface area contributed by atoms with Crippen molar-refractivity contribution in [1.29, 1.82) is 0 Å². The molecule has 3 aromatic rings. The number of aromatic nitrogens is 3. The summed E-state index contributed by atoms with van der Waals surface area (Å²) in [6.07, 6.45) is 0. The third kappa shape index (κ3) is 2.50. The zero-order chi connectivity index (χ0) is 15.7. The molecule has 6 heteroatoms. The number of hydrogen-bond donors (Lipinski definition) is 1. The van der Waals surface area contributed by atoms with Gasteiger partial charge < -0.3 is 14.2 Å². The molecule has 0 fully saturated rings. The van der Waals surface area contributed by atoms with E-state index in [1.165, 1.54) is 0 Å². The topological polar surface area (TPSA) is 81.2 Å². The number of carboxylic acid groups (broad SMARTS) is 1. The Bertz CT molecular complexity index is 819. The molecule has 0 amide bonds. The fraction of sp³-hybridized carbons (Fsp3) is 0.188. The third-order valence-corrected chi connectivity index (χ3v) is 3.56. The van der Waals surface area contributed by atoms with Gasteiger partial charge in [-0.05, 0) is 19.9 Å². The van der Waals surface area contributed by atoms with Gasteiger partial charge in [0.1, 0.15) is 6.54 Å². The molecule has 2 aromatic heterocycles.